The number of unbranched alkanes of at least 4 members (excludes halogenated alkanes) is 28. The van der Waals surface area contributed by atoms with Crippen molar-refractivity contribution in [3.05, 3.63) is 109 Å². The predicted molar refractivity (Wildman–Crippen MR) is 330 cm³/mol. The summed E-state index contributed by atoms with van der Waals surface area (Å²) < 4.78 is 16.9. The number of esters is 3. The molecule has 0 bridgehead atoms. The van der Waals surface area contributed by atoms with Gasteiger partial charge in [0.15, 0.2) is 6.10 Å². The zero-order valence-electron chi connectivity index (χ0n) is 49.7. The van der Waals surface area contributed by atoms with Gasteiger partial charge in [0.1, 0.15) is 13.2 Å². The Labute approximate surface area is 470 Å². The summed E-state index contributed by atoms with van der Waals surface area (Å²) in [7, 11) is 0. The van der Waals surface area contributed by atoms with Gasteiger partial charge in [0.25, 0.3) is 0 Å². The Hall–Kier alpha value is -3.93. The highest BCUT2D eigenvalue weighted by Crippen LogP contribution is 2.15. The van der Waals surface area contributed by atoms with Crippen molar-refractivity contribution in [3.8, 4) is 0 Å². The van der Waals surface area contributed by atoms with Gasteiger partial charge in [-0.15, -0.1) is 0 Å². The van der Waals surface area contributed by atoms with Crippen molar-refractivity contribution in [2.75, 3.05) is 13.2 Å². The van der Waals surface area contributed by atoms with E-state index < -0.39 is 6.10 Å². The minimum Gasteiger partial charge on any atom is -0.462 e. The zero-order valence-corrected chi connectivity index (χ0v) is 49.7. The van der Waals surface area contributed by atoms with Crippen LogP contribution in [0.5, 0.6) is 0 Å². The molecule has 0 aromatic rings. The third-order valence-electron chi connectivity index (χ3n) is 13.5. The van der Waals surface area contributed by atoms with E-state index >= 15 is 0 Å². The Balaban J connectivity index is 4.43. The van der Waals surface area contributed by atoms with E-state index in [9.17, 15) is 14.4 Å². The van der Waals surface area contributed by atoms with E-state index in [1.165, 1.54) is 135 Å². The Bertz CT molecular complexity index is 1540. The Morgan fingerprint density at radius 3 is 0.829 bits per heavy atom. The van der Waals surface area contributed by atoms with E-state index in [2.05, 4.69) is 130 Å². The average molecular weight is 1060 g/mol. The Morgan fingerprint density at radius 1 is 0.276 bits per heavy atom. The number of hydrogen-bond acceptors (Lipinski definition) is 6. The molecule has 0 fully saturated rings. The topological polar surface area (TPSA) is 78.9 Å². The molecule has 0 heterocycles. The lowest BCUT2D eigenvalue weighted by Crippen LogP contribution is -2.30. The largest absolute Gasteiger partial charge is 0.462 e. The number of allylic oxidation sites excluding steroid dienone is 18. The molecule has 0 N–H and O–H groups in total. The van der Waals surface area contributed by atoms with Gasteiger partial charge in [-0.1, -0.05) is 259 Å². The maximum Gasteiger partial charge on any atom is 0.306 e. The SMILES string of the molecule is CC/C=C\C/C=C\C/C=C\C/C=C\C/C=C\CCCCCCCCCC(=O)OCC(COC(=O)CCCCCCCCC/C=C\C/C=C\CCCCC)OC(=O)CCCCCCCCC/C=C\C/C=C\CCCCCC. The van der Waals surface area contributed by atoms with Crippen LogP contribution in [0.2, 0.25) is 0 Å². The maximum atomic E-state index is 12.9. The first-order valence-corrected chi connectivity index (χ1v) is 31.9. The van der Waals surface area contributed by atoms with E-state index in [0.29, 0.717) is 19.3 Å². The van der Waals surface area contributed by atoms with E-state index in [1.54, 1.807) is 0 Å². The fourth-order valence-corrected chi connectivity index (χ4v) is 8.71. The molecule has 1 unspecified atom stereocenters. The molecule has 0 radical (unpaired) electrons. The number of ether oxygens (including phenoxy) is 3. The molecule has 6 heteroatoms. The van der Waals surface area contributed by atoms with Crippen molar-refractivity contribution in [1.29, 1.82) is 0 Å². The average Bonchev–Trinajstić information content (AvgIpc) is 3.42. The summed E-state index contributed by atoms with van der Waals surface area (Å²) in [5.74, 6) is -0.909. The van der Waals surface area contributed by atoms with Crippen LogP contribution >= 0.6 is 0 Å². The van der Waals surface area contributed by atoms with E-state index in [0.717, 1.165) is 122 Å². The lowest BCUT2D eigenvalue weighted by Gasteiger charge is -2.18. The molecule has 1 atom stereocenters. The monoisotopic (exact) mass is 1050 g/mol. The Morgan fingerprint density at radius 2 is 0.513 bits per heavy atom. The molecule has 0 saturated carbocycles. The highest BCUT2D eigenvalue weighted by Gasteiger charge is 2.19. The van der Waals surface area contributed by atoms with Crippen molar-refractivity contribution in [2.24, 2.45) is 0 Å². The van der Waals surface area contributed by atoms with Gasteiger partial charge in [-0.2, -0.15) is 0 Å². The van der Waals surface area contributed by atoms with Crippen LogP contribution in [0.1, 0.15) is 297 Å². The first kappa shape index (κ1) is 72.1. The second kappa shape index (κ2) is 63.6. The number of carbonyl (C=O) groups excluding carboxylic acids is 3. The van der Waals surface area contributed by atoms with Gasteiger partial charge in [-0.25, -0.2) is 0 Å². The molecule has 76 heavy (non-hydrogen) atoms. The third kappa shape index (κ3) is 60.9. The molecule has 0 aliphatic carbocycles. The molecule has 434 valence electrons. The van der Waals surface area contributed by atoms with Gasteiger partial charge in [0.2, 0.25) is 0 Å². The van der Waals surface area contributed by atoms with Crippen molar-refractivity contribution in [1.82, 2.24) is 0 Å². The van der Waals surface area contributed by atoms with Crippen LogP contribution in [0, 0.1) is 0 Å². The number of hydrogen-bond donors (Lipinski definition) is 0. The van der Waals surface area contributed by atoms with E-state index in [1.807, 2.05) is 0 Å². The molecule has 0 spiro atoms. The van der Waals surface area contributed by atoms with Gasteiger partial charge in [-0.05, 0) is 128 Å². The molecule has 0 aliphatic heterocycles. The zero-order chi connectivity index (χ0) is 55.0. The number of carbonyl (C=O) groups is 3. The van der Waals surface area contributed by atoms with Gasteiger partial charge < -0.3 is 14.2 Å². The molecule has 0 aliphatic rings. The quantitative estimate of drug-likeness (QED) is 0.0261. The van der Waals surface area contributed by atoms with E-state index in [-0.39, 0.29) is 31.1 Å². The van der Waals surface area contributed by atoms with Crippen LogP contribution in [0.4, 0.5) is 0 Å². The van der Waals surface area contributed by atoms with Gasteiger partial charge in [-0.3, -0.25) is 14.4 Å². The summed E-state index contributed by atoms with van der Waals surface area (Å²) in [6, 6.07) is 0. The van der Waals surface area contributed by atoms with Gasteiger partial charge >= 0.3 is 17.9 Å². The van der Waals surface area contributed by atoms with Crippen molar-refractivity contribution in [2.45, 2.75) is 303 Å². The lowest BCUT2D eigenvalue weighted by atomic mass is 10.1. The normalized spacial score (nSPS) is 12.8. The summed E-state index contributed by atoms with van der Waals surface area (Å²) in [5, 5.41) is 0. The van der Waals surface area contributed by atoms with Crippen LogP contribution in [-0.4, -0.2) is 37.2 Å². The third-order valence-corrected chi connectivity index (χ3v) is 13.5. The number of rotatable bonds is 57. The molecule has 0 aromatic heterocycles. The van der Waals surface area contributed by atoms with Crippen LogP contribution < -0.4 is 0 Å². The molecule has 0 rings (SSSR count). The molecule has 6 nitrogen and oxygen atoms in total. The lowest BCUT2D eigenvalue weighted by molar-refractivity contribution is -0.167. The summed E-state index contributed by atoms with van der Waals surface area (Å²) in [4.78, 5) is 38.4. The first-order chi connectivity index (χ1) is 37.5. The standard InChI is InChI=1S/C70H118O6/c1-4-7-10-13-16-19-22-25-28-31-33-34-35-36-37-40-42-45-48-51-54-57-60-63-69(72)75-66-67(65-74-68(71)62-59-56-53-50-47-44-41-38-30-27-24-21-18-15-12-9-6-3)76-70(73)64-61-58-55-52-49-46-43-39-32-29-26-23-20-17-14-11-8-5-2/h7,10,16,18-21,23,25,27-30,32-34,36-37,67H,4-6,8-9,11-15,17,22,24,26,31,35,38-66H2,1-3H3/b10-7-,19-16-,21-18-,23-20-,28-25-,30-27-,32-29-,34-33-,37-36-. The van der Waals surface area contributed by atoms with E-state index in [4.69, 9.17) is 14.2 Å². The predicted octanol–water partition coefficient (Wildman–Crippen LogP) is 21.8. The first-order valence-electron chi connectivity index (χ1n) is 31.9. The second-order valence-corrected chi connectivity index (χ2v) is 20.9. The van der Waals surface area contributed by atoms with Crippen molar-refractivity contribution >= 4 is 17.9 Å². The van der Waals surface area contributed by atoms with Crippen LogP contribution in [0.3, 0.4) is 0 Å². The fraction of sp³-hybridized carbons (Fsp3) is 0.700. The highest BCUT2D eigenvalue weighted by atomic mass is 16.6. The molecule has 0 aromatic carbocycles. The molecule has 0 amide bonds. The van der Waals surface area contributed by atoms with Crippen LogP contribution in [0.15, 0.2) is 109 Å². The minimum atomic E-state index is -0.794. The Kier molecular flexibility index (Phi) is 60.3. The molecule has 0 saturated heterocycles. The van der Waals surface area contributed by atoms with Crippen molar-refractivity contribution in [3.63, 3.8) is 0 Å². The molecular weight excluding hydrogens is 937 g/mol. The summed E-state index contributed by atoms with van der Waals surface area (Å²) in [6.07, 6.45) is 86.5. The van der Waals surface area contributed by atoms with Gasteiger partial charge in [0, 0.05) is 19.3 Å². The van der Waals surface area contributed by atoms with Gasteiger partial charge in [0.05, 0.1) is 0 Å². The van der Waals surface area contributed by atoms with Crippen molar-refractivity contribution < 1.29 is 28.6 Å². The summed E-state index contributed by atoms with van der Waals surface area (Å²) in [5.41, 5.74) is 0. The second-order valence-electron chi connectivity index (χ2n) is 20.9. The highest BCUT2D eigenvalue weighted by molar-refractivity contribution is 5.71. The maximum absolute atomic E-state index is 12.9. The van der Waals surface area contributed by atoms with Crippen LogP contribution in [-0.2, 0) is 28.6 Å². The molecular formula is C70H118O6. The summed E-state index contributed by atoms with van der Waals surface area (Å²) >= 11 is 0. The fourth-order valence-electron chi connectivity index (χ4n) is 8.71. The minimum absolute atomic E-state index is 0.0896. The summed E-state index contributed by atoms with van der Waals surface area (Å²) in [6.45, 7) is 6.48. The van der Waals surface area contributed by atoms with Crippen LogP contribution in [0.25, 0.3) is 0 Å². The smallest absolute Gasteiger partial charge is 0.306 e.